The molecule has 0 fully saturated rings. The van der Waals surface area contributed by atoms with Crippen molar-refractivity contribution in [2.75, 3.05) is 23.5 Å². The van der Waals surface area contributed by atoms with Crippen molar-refractivity contribution in [1.82, 2.24) is 4.98 Å². The number of ether oxygens (including phenoxy) is 1. The second kappa shape index (κ2) is 10.3. The van der Waals surface area contributed by atoms with Gasteiger partial charge in [-0.25, -0.2) is 9.19 Å². The third kappa shape index (κ3) is 5.63. The first-order valence-corrected chi connectivity index (χ1v) is 14.9. The zero-order valence-electron chi connectivity index (χ0n) is 20.1. The van der Waals surface area contributed by atoms with E-state index in [-0.39, 0.29) is 6.61 Å². The van der Waals surface area contributed by atoms with Crippen LogP contribution < -0.4 is 9.46 Å². The molecule has 1 heterocycles. The summed E-state index contributed by atoms with van der Waals surface area (Å²) in [4.78, 5) is 4.50. The number of hydrogen-bond acceptors (Lipinski definition) is 5. The molecule has 1 N–H and O–H groups in total. The van der Waals surface area contributed by atoms with Gasteiger partial charge in [0, 0.05) is 21.4 Å². The van der Waals surface area contributed by atoms with E-state index in [0.29, 0.717) is 27.3 Å². The van der Waals surface area contributed by atoms with Crippen molar-refractivity contribution in [2.45, 2.75) is 19.3 Å². The SMILES string of the molecule is C=S(C)(=O)Nc1nc2ccc(-c3ccc(C(C)(C)c4cc(Cl)c(OCCCl)c(C#N)c4)cc3)cc2s1. The van der Waals surface area contributed by atoms with Crippen LogP contribution in [0.2, 0.25) is 5.02 Å². The lowest BCUT2D eigenvalue weighted by molar-refractivity contribution is 0.341. The van der Waals surface area contributed by atoms with Crippen LogP contribution in [-0.4, -0.2) is 33.8 Å². The number of rotatable bonds is 8. The predicted octanol–water partition coefficient (Wildman–Crippen LogP) is 7.10. The second-order valence-electron chi connectivity index (χ2n) is 8.99. The minimum Gasteiger partial charge on any atom is -0.489 e. The molecule has 0 aliphatic heterocycles. The first-order valence-electron chi connectivity index (χ1n) is 11.1. The van der Waals surface area contributed by atoms with Gasteiger partial charge in [0.25, 0.3) is 0 Å². The monoisotopic (exact) mass is 557 g/mol. The molecule has 0 aliphatic carbocycles. The van der Waals surface area contributed by atoms with E-state index in [1.54, 1.807) is 6.26 Å². The predicted molar refractivity (Wildman–Crippen MR) is 154 cm³/mol. The molecule has 0 saturated carbocycles. The van der Waals surface area contributed by atoms with E-state index in [1.165, 1.54) is 11.3 Å². The van der Waals surface area contributed by atoms with Gasteiger partial charge in [-0.1, -0.05) is 67.1 Å². The average Bonchev–Trinajstić information content (AvgIpc) is 3.22. The van der Waals surface area contributed by atoms with Crippen LogP contribution in [0.4, 0.5) is 5.13 Å². The van der Waals surface area contributed by atoms with Gasteiger partial charge in [-0.3, -0.25) is 4.72 Å². The molecule has 0 aliphatic rings. The van der Waals surface area contributed by atoms with Crippen molar-refractivity contribution in [1.29, 1.82) is 5.26 Å². The first kappa shape index (κ1) is 26.3. The number of thiazole rings is 1. The van der Waals surface area contributed by atoms with E-state index in [9.17, 15) is 9.47 Å². The zero-order valence-corrected chi connectivity index (χ0v) is 23.2. The molecule has 0 amide bonds. The van der Waals surface area contributed by atoms with Crippen molar-refractivity contribution in [3.8, 4) is 22.9 Å². The molecule has 0 spiro atoms. The largest absolute Gasteiger partial charge is 0.489 e. The van der Waals surface area contributed by atoms with Crippen molar-refractivity contribution >= 4 is 65.5 Å². The third-order valence-corrected chi connectivity index (χ3v) is 7.96. The molecular weight excluding hydrogens is 533 g/mol. The summed E-state index contributed by atoms with van der Waals surface area (Å²) in [6.07, 6.45) is 1.55. The van der Waals surface area contributed by atoms with E-state index in [4.69, 9.17) is 27.9 Å². The van der Waals surface area contributed by atoms with Gasteiger partial charge in [0.15, 0.2) is 10.9 Å². The van der Waals surface area contributed by atoms with Crippen LogP contribution in [-0.2, 0) is 15.1 Å². The van der Waals surface area contributed by atoms with E-state index < -0.39 is 15.1 Å². The highest BCUT2D eigenvalue weighted by Crippen LogP contribution is 2.39. The number of alkyl halides is 1. The van der Waals surface area contributed by atoms with Crippen LogP contribution in [0.3, 0.4) is 0 Å². The molecule has 3 aromatic carbocycles. The smallest absolute Gasteiger partial charge is 0.195 e. The maximum absolute atomic E-state index is 12.0. The highest BCUT2D eigenvalue weighted by molar-refractivity contribution is 8.01. The Bertz CT molecular complexity index is 1570. The van der Waals surface area contributed by atoms with Gasteiger partial charge >= 0.3 is 0 Å². The fourth-order valence-electron chi connectivity index (χ4n) is 3.90. The molecule has 186 valence electrons. The number of hydrogen-bond donors (Lipinski definition) is 1. The topological polar surface area (TPSA) is 75.0 Å². The lowest BCUT2D eigenvalue weighted by atomic mass is 9.77. The summed E-state index contributed by atoms with van der Waals surface area (Å²) in [7, 11) is -2.38. The molecule has 1 atom stereocenters. The van der Waals surface area contributed by atoms with Crippen molar-refractivity contribution in [2.24, 2.45) is 0 Å². The Labute approximate surface area is 225 Å². The van der Waals surface area contributed by atoms with Gasteiger partial charge in [0.2, 0.25) is 0 Å². The van der Waals surface area contributed by atoms with E-state index >= 15 is 0 Å². The van der Waals surface area contributed by atoms with Gasteiger partial charge in [0.05, 0.1) is 26.7 Å². The van der Waals surface area contributed by atoms with E-state index in [1.807, 2.05) is 24.3 Å². The van der Waals surface area contributed by atoms with Crippen LogP contribution >= 0.6 is 34.5 Å². The molecule has 0 bridgehead atoms. The minimum atomic E-state index is -2.38. The van der Waals surface area contributed by atoms with Gasteiger partial charge in [-0.15, -0.1) is 11.6 Å². The number of nitrogens with zero attached hydrogens (tertiary/aromatic N) is 2. The third-order valence-electron chi connectivity index (χ3n) is 5.84. The summed E-state index contributed by atoms with van der Waals surface area (Å²) in [5.41, 5.74) is 4.95. The molecule has 0 saturated heterocycles. The molecule has 36 heavy (non-hydrogen) atoms. The Kier molecular flexibility index (Phi) is 7.53. The van der Waals surface area contributed by atoms with Crippen LogP contribution in [0.25, 0.3) is 21.3 Å². The molecule has 0 radical (unpaired) electrons. The molecule has 4 rings (SSSR count). The van der Waals surface area contributed by atoms with Crippen LogP contribution in [0, 0.1) is 11.3 Å². The molecule has 4 aromatic rings. The number of anilines is 1. The number of fused-ring (bicyclic) bond motifs is 1. The van der Waals surface area contributed by atoms with Crippen LogP contribution in [0.1, 0.15) is 30.5 Å². The Hall–Kier alpha value is -2.76. The summed E-state index contributed by atoms with van der Waals surface area (Å²) in [5, 5.41) is 10.6. The Balaban J connectivity index is 1.63. The van der Waals surface area contributed by atoms with Gasteiger partial charge in [0.1, 0.15) is 12.7 Å². The summed E-state index contributed by atoms with van der Waals surface area (Å²) >= 11 is 13.7. The number of benzene rings is 3. The highest BCUT2D eigenvalue weighted by atomic mass is 35.5. The maximum Gasteiger partial charge on any atom is 0.195 e. The number of nitrogens with one attached hydrogen (secondary N) is 1. The first-order chi connectivity index (χ1) is 17.0. The fraction of sp³-hybridized carbons (Fsp3) is 0.222. The molecule has 5 nitrogen and oxygen atoms in total. The molecule has 1 aromatic heterocycles. The quantitative estimate of drug-likeness (QED) is 0.185. The lowest BCUT2D eigenvalue weighted by Gasteiger charge is -2.27. The summed E-state index contributed by atoms with van der Waals surface area (Å²) < 4.78 is 21.4. The second-order valence-corrected chi connectivity index (χ2v) is 13.0. The summed E-state index contributed by atoms with van der Waals surface area (Å²) in [6, 6.07) is 20.3. The maximum atomic E-state index is 12.0. The summed E-state index contributed by atoms with van der Waals surface area (Å²) in [5.74, 6) is 4.31. The van der Waals surface area contributed by atoms with Gasteiger partial charge < -0.3 is 4.74 Å². The average molecular weight is 559 g/mol. The van der Waals surface area contributed by atoms with Crippen molar-refractivity contribution < 1.29 is 8.95 Å². The van der Waals surface area contributed by atoms with Gasteiger partial charge in [-0.05, 0) is 52.4 Å². The summed E-state index contributed by atoms with van der Waals surface area (Å²) in [6.45, 7) is 4.47. The standard InChI is InChI=1S/C27H25Cl2N3O2S2/c1-27(2,21-13-19(16-30)25(22(29)15-21)34-12-11-28)20-8-5-17(6-9-20)18-7-10-23-24(14-18)35-26(31-23)32-36(3,4)33/h5-10,13-15H,3,11-12H2,1-2,4H3,(H,31,32,33). The van der Waals surface area contributed by atoms with Gasteiger partial charge in [-0.2, -0.15) is 5.26 Å². The van der Waals surface area contributed by atoms with E-state index in [0.717, 1.165) is 32.5 Å². The Morgan fingerprint density at radius 1 is 1.14 bits per heavy atom. The lowest BCUT2D eigenvalue weighted by Crippen LogP contribution is -2.19. The molecular formula is C27H25Cl2N3O2S2. The Morgan fingerprint density at radius 3 is 2.47 bits per heavy atom. The fourth-order valence-corrected chi connectivity index (χ4v) is 6.12. The molecule has 1 unspecified atom stereocenters. The molecule has 9 heteroatoms. The number of halogens is 2. The zero-order chi connectivity index (χ0) is 26.1. The Morgan fingerprint density at radius 2 is 1.83 bits per heavy atom. The van der Waals surface area contributed by atoms with E-state index in [2.05, 4.69) is 65.8 Å². The number of nitriles is 1. The van der Waals surface area contributed by atoms with Crippen LogP contribution in [0.5, 0.6) is 5.75 Å². The number of aromatic nitrogens is 1. The minimum absolute atomic E-state index is 0.278. The normalized spacial score (nSPS) is 13.2. The van der Waals surface area contributed by atoms with Crippen molar-refractivity contribution in [3.63, 3.8) is 0 Å². The van der Waals surface area contributed by atoms with Crippen LogP contribution in [0.15, 0.2) is 54.6 Å². The van der Waals surface area contributed by atoms with Crippen molar-refractivity contribution in [3.05, 3.63) is 76.3 Å². The highest BCUT2D eigenvalue weighted by Gasteiger charge is 2.26.